The zero-order valence-electron chi connectivity index (χ0n) is 15.2. The van der Waals surface area contributed by atoms with Crippen LogP contribution in [0.4, 0.5) is 17.3 Å². The van der Waals surface area contributed by atoms with Crippen LogP contribution in [-0.4, -0.2) is 9.97 Å². The molecular formula is C21H24N4. The maximum atomic E-state index is 4.52. The first-order valence-corrected chi connectivity index (χ1v) is 8.53. The molecule has 0 amide bonds. The van der Waals surface area contributed by atoms with E-state index in [0.717, 1.165) is 23.1 Å². The molecule has 0 spiro atoms. The molecule has 1 unspecified atom stereocenters. The Hall–Kier alpha value is -2.88. The Bertz CT molecular complexity index is 859. The van der Waals surface area contributed by atoms with Gasteiger partial charge in [-0.3, -0.25) is 0 Å². The van der Waals surface area contributed by atoms with Crippen molar-refractivity contribution in [3.05, 3.63) is 77.1 Å². The van der Waals surface area contributed by atoms with Crippen LogP contribution in [0.2, 0.25) is 0 Å². The molecule has 0 aliphatic carbocycles. The number of aryl methyl sites for hydroxylation is 3. The molecular weight excluding hydrogens is 308 g/mol. The summed E-state index contributed by atoms with van der Waals surface area (Å²) in [4.78, 5) is 9.04. The standard InChI is InChI=1S/C21H24N4/c1-14-10-11-15(2)19(12-14)25-21-13-20(23-17(4)24-21)22-16(3)18-8-6-5-7-9-18/h5-13,16H,1-4H3,(H2,22,23,24,25). The van der Waals surface area contributed by atoms with Crippen LogP contribution in [-0.2, 0) is 0 Å². The number of aromatic nitrogens is 2. The lowest BCUT2D eigenvalue weighted by molar-refractivity contribution is 0.867. The molecule has 0 saturated carbocycles. The van der Waals surface area contributed by atoms with Gasteiger partial charge in [0.2, 0.25) is 0 Å². The van der Waals surface area contributed by atoms with Gasteiger partial charge in [-0.2, -0.15) is 0 Å². The second-order valence-corrected chi connectivity index (χ2v) is 6.41. The third-order valence-electron chi connectivity index (χ3n) is 4.16. The van der Waals surface area contributed by atoms with Crippen LogP contribution in [0.15, 0.2) is 54.6 Å². The van der Waals surface area contributed by atoms with E-state index < -0.39 is 0 Å². The minimum Gasteiger partial charge on any atom is -0.363 e. The summed E-state index contributed by atoms with van der Waals surface area (Å²) in [5.41, 5.74) is 4.70. The zero-order valence-corrected chi connectivity index (χ0v) is 15.2. The first kappa shape index (κ1) is 17.0. The molecule has 25 heavy (non-hydrogen) atoms. The van der Waals surface area contributed by atoms with Gasteiger partial charge < -0.3 is 10.6 Å². The van der Waals surface area contributed by atoms with Gasteiger partial charge in [0.15, 0.2) is 0 Å². The summed E-state index contributed by atoms with van der Waals surface area (Å²) in [6.07, 6.45) is 0. The summed E-state index contributed by atoms with van der Waals surface area (Å²) in [5, 5.41) is 6.88. The number of nitrogens with zero attached hydrogens (tertiary/aromatic N) is 2. The highest BCUT2D eigenvalue weighted by Gasteiger charge is 2.09. The Morgan fingerprint density at radius 2 is 1.56 bits per heavy atom. The van der Waals surface area contributed by atoms with Gasteiger partial charge in [0.05, 0.1) is 0 Å². The largest absolute Gasteiger partial charge is 0.363 e. The minimum absolute atomic E-state index is 0.170. The average Bonchev–Trinajstić information content (AvgIpc) is 2.58. The van der Waals surface area contributed by atoms with E-state index in [4.69, 9.17) is 0 Å². The Morgan fingerprint density at radius 3 is 2.32 bits per heavy atom. The Balaban J connectivity index is 1.82. The lowest BCUT2D eigenvalue weighted by atomic mass is 10.1. The number of anilines is 3. The average molecular weight is 332 g/mol. The summed E-state index contributed by atoms with van der Waals surface area (Å²) in [6, 6.07) is 18.8. The Morgan fingerprint density at radius 1 is 0.840 bits per heavy atom. The first-order chi connectivity index (χ1) is 12.0. The van der Waals surface area contributed by atoms with E-state index in [1.54, 1.807) is 0 Å². The first-order valence-electron chi connectivity index (χ1n) is 8.53. The molecule has 4 heteroatoms. The fourth-order valence-electron chi connectivity index (χ4n) is 2.76. The van der Waals surface area contributed by atoms with Crippen LogP contribution >= 0.6 is 0 Å². The van der Waals surface area contributed by atoms with Gasteiger partial charge in [0.1, 0.15) is 17.5 Å². The molecule has 0 aliphatic rings. The quantitative estimate of drug-likeness (QED) is 0.664. The van der Waals surface area contributed by atoms with Crippen molar-refractivity contribution in [2.75, 3.05) is 10.6 Å². The van der Waals surface area contributed by atoms with Crippen LogP contribution in [0.5, 0.6) is 0 Å². The van der Waals surface area contributed by atoms with Crippen molar-refractivity contribution in [1.29, 1.82) is 0 Å². The zero-order chi connectivity index (χ0) is 17.8. The van der Waals surface area contributed by atoms with Gasteiger partial charge in [-0.1, -0.05) is 42.5 Å². The smallest absolute Gasteiger partial charge is 0.136 e. The van der Waals surface area contributed by atoms with Crippen molar-refractivity contribution in [1.82, 2.24) is 9.97 Å². The van der Waals surface area contributed by atoms with E-state index in [9.17, 15) is 0 Å². The fraction of sp³-hybridized carbons (Fsp3) is 0.238. The molecule has 4 nitrogen and oxygen atoms in total. The van der Waals surface area contributed by atoms with Gasteiger partial charge in [-0.15, -0.1) is 0 Å². The van der Waals surface area contributed by atoms with Crippen molar-refractivity contribution in [2.24, 2.45) is 0 Å². The molecule has 0 saturated heterocycles. The van der Waals surface area contributed by atoms with E-state index in [0.29, 0.717) is 0 Å². The van der Waals surface area contributed by atoms with Gasteiger partial charge >= 0.3 is 0 Å². The molecule has 0 fully saturated rings. The van der Waals surface area contributed by atoms with Crippen molar-refractivity contribution in [2.45, 2.75) is 33.7 Å². The van der Waals surface area contributed by atoms with E-state index >= 15 is 0 Å². The van der Waals surface area contributed by atoms with Crippen LogP contribution in [0.1, 0.15) is 35.5 Å². The van der Waals surface area contributed by atoms with Crippen LogP contribution in [0, 0.1) is 20.8 Å². The second kappa shape index (κ2) is 7.34. The van der Waals surface area contributed by atoms with Crippen molar-refractivity contribution in [3.63, 3.8) is 0 Å². The normalized spacial score (nSPS) is 11.8. The van der Waals surface area contributed by atoms with E-state index in [1.807, 2.05) is 31.2 Å². The van der Waals surface area contributed by atoms with Crippen molar-refractivity contribution < 1.29 is 0 Å². The fourth-order valence-corrected chi connectivity index (χ4v) is 2.76. The lowest BCUT2D eigenvalue weighted by Gasteiger charge is -2.16. The SMILES string of the molecule is Cc1ccc(C)c(Nc2cc(NC(C)c3ccccc3)nc(C)n2)c1. The number of rotatable bonds is 5. The summed E-state index contributed by atoms with van der Waals surface area (Å²) >= 11 is 0. The van der Waals surface area contributed by atoms with Crippen molar-refractivity contribution >= 4 is 17.3 Å². The molecule has 2 aromatic carbocycles. The lowest BCUT2D eigenvalue weighted by Crippen LogP contribution is -2.09. The molecule has 0 bridgehead atoms. The molecule has 2 N–H and O–H groups in total. The van der Waals surface area contributed by atoms with E-state index in [2.05, 4.69) is 71.7 Å². The van der Waals surface area contributed by atoms with Gasteiger partial charge in [0, 0.05) is 17.8 Å². The van der Waals surface area contributed by atoms with Crippen LogP contribution in [0.25, 0.3) is 0 Å². The number of nitrogens with one attached hydrogen (secondary N) is 2. The highest BCUT2D eigenvalue weighted by atomic mass is 15.1. The topological polar surface area (TPSA) is 49.8 Å². The second-order valence-electron chi connectivity index (χ2n) is 6.41. The summed E-state index contributed by atoms with van der Waals surface area (Å²) in [5.74, 6) is 2.35. The summed E-state index contributed by atoms with van der Waals surface area (Å²) in [6.45, 7) is 8.22. The Kier molecular flexibility index (Phi) is 4.98. The van der Waals surface area contributed by atoms with Crippen LogP contribution < -0.4 is 10.6 Å². The molecule has 128 valence electrons. The highest BCUT2D eigenvalue weighted by molar-refractivity contribution is 5.63. The predicted molar refractivity (Wildman–Crippen MR) is 104 cm³/mol. The number of hydrogen-bond acceptors (Lipinski definition) is 4. The van der Waals surface area contributed by atoms with Gasteiger partial charge in [-0.25, -0.2) is 9.97 Å². The molecule has 3 aromatic rings. The van der Waals surface area contributed by atoms with E-state index in [-0.39, 0.29) is 6.04 Å². The number of benzene rings is 2. The summed E-state index contributed by atoms with van der Waals surface area (Å²) in [7, 11) is 0. The molecule has 1 heterocycles. The maximum absolute atomic E-state index is 4.52. The molecule has 0 radical (unpaired) electrons. The Labute approximate surface area is 149 Å². The summed E-state index contributed by atoms with van der Waals surface area (Å²) < 4.78 is 0. The third-order valence-corrected chi connectivity index (χ3v) is 4.16. The highest BCUT2D eigenvalue weighted by Crippen LogP contribution is 2.24. The van der Waals surface area contributed by atoms with Gasteiger partial charge in [0.25, 0.3) is 0 Å². The monoisotopic (exact) mass is 332 g/mol. The molecule has 0 aliphatic heterocycles. The molecule has 1 atom stereocenters. The molecule has 1 aromatic heterocycles. The maximum Gasteiger partial charge on any atom is 0.136 e. The van der Waals surface area contributed by atoms with Crippen molar-refractivity contribution in [3.8, 4) is 0 Å². The van der Waals surface area contributed by atoms with E-state index in [1.165, 1.54) is 16.7 Å². The molecule has 3 rings (SSSR count). The third kappa shape index (κ3) is 4.35. The number of hydrogen-bond donors (Lipinski definition) is 2. The van der Waals surface area contributed by atoms with Crippen LogP contribution in [0.3, 0.4) is 0 Å². The van der Waals surface area contributed by atoms with Gasteiger partial charge in [-0.05, 0) is 50.5 Å². The predicted octanol–water partition coefficient (Wildman–Crippen LogP) is 5.32. The minimum atomic E-state index is 0.170.